The maximum absolute atomic E-state index is 10.5. The first-order valence-corrected chi connectivity index (χ1v) is 6.82. The van der Waals surface area contributed by atoms with Crippen LogP contribution in [0.4, 0.5) is 0 Å². The lowest BCUT2D eigenvalue weighted by Crippen LogP contribution is -2.50. The summed E-state index contributed by atoms with van der Waals surface area (Å²) in [5.41, 5.74) is -0.261. The van der Waals surface area contributed by atoms with Crippen molar-refractivity contribution in [2.75, 3.05) is 7.11 Å². The molecule has 0 aromatic heterocycles. The summed E-state index contributed by atoms with van der Waals surface area (Å²) < 4.78 is 5.72. The van der Waals surface area contributed by atoms with Crippen LogP contribution >= 0.6 is 0 Å². The molecule has 96 valence electrons. The van der Waals surface area contributed by atoms with Gasteiger partial charge >= 0.3 is 0 Å². The number of rotatable bonds is 5. The molecular formula is C14H28O2. The first-order valence-electron chi connectivity index (χ1n) is 6.82. The zero-order chi connectivity index (χ0) is 12.2. The van der Waals surface area contributed by atoms with E-state index in [1.54, 1.807) is 7.11 Å². The molecule has 1 atom stereocenters. The second-order valence-corrected chi connectivity index (χ2v) is 5.47. The van der Waals surface area contributed by atoms with Crippen LogP contribution in [-0.2, 0) is 4.74 Å². The van der Waals surface area contributed by atoms with Gasteiger partial charge < -0.3 is 9.84 Å². The molecule has 0 spiro atoms. The highest BCUT2D eigenvalue weighted by Crippen LogP contribution is 2.40. The fourth-order valence-electron chi connectivity index (χ4n) is 3.04. The summed E-state index contributed by atoms with van der Waals surface area (Å²) in [6.45, 7) is 6.61. The van der Waals surface area contributed by atoms with E-state index in [4.69, 9.17) is 4.74 Å². The van der Waals surface area contributed by atoms with Crippen molar-refractivity contribution in [3.05, 3.63) is 0 Å². The maximum atomic E-state index is 10.5. The average molecular weight is 228 g/mol. The molecule has 0 amide bonds. The Morgan fingerprint density at radius 2 is 1.75 bits per heavy atom. The van der Waals surface area contributed by atoms with Gasteiger partial charge in [0.15, 0.2) is 0 Å². The van der Waals surface area contributed by atoms with Gasteiger partial charge in [0.25, 0.3) is 0 Å². The second-order valence-electron chi connectivity index (χ2n) is 5.47. The lowest BCUT2D eigenvalue weighted by molar-refractivity contribution is -0.147. The van der Waals surface area contributed by atoms with Crippen molar-refractivity contribution in [1.82, 2.24) is 0 Å². The minimum Gasteiger partial charge on any atom is -0.390 e. The molecule has 1 aliphatic carbocycles. The quantitative estimate of drug-likeness (QED) is 0.781. The molecule has 0 aromatic rings. The molecule has 0 radical (unpaired) electrons. The van der Waals surface area contributed by atoms with Gasteiger partial charge in [-0.05, 0) is 37.5 Å². The SMILES string of the molecule is CCC(CC)C(O)C1(OC)CCC(C)CC1. The Morgan fingerprint density at radius 3 is 2.12 bits per heavy atom. The molecule has 0 aromatic carbocycles. The molecule has 2 nitrogen and oxygen atoms in total. The lowest BCUT2D eigenvalue weighted by atomic mass is 9.72. The third-order valence-corrected chi connectivity index (χ3v) is 4.56. The Morgan fingerprint density at radius 1 is 1.25 bits per heavy atom. The number of aliphatic hydroxyl groups excluding tert-OH is 1. The van der Waals surface area contributed by atoms with Crippen LogP contribution in [0.25, 0.3) is 0 Å². The fraction of sp³-hybridized carbons (Fsp3) is 1.00. The molecule has 0 bridgehead atoms. The average Bonchev–Trinajstić information content (AvgIpc) is 2.32. The van der Waals surface area contributed by atoms with Crippen molar-refractivity contribution in [3.8, 4) is 0 Å². The summed E-state index contributed by atoms with van der Waals surface area (Å²) in [4.78, 5) is 0. The van der Waals surface area contributed by atoms with Crippen LogP contribution in [0.3, 0.4) is 0 Å². The zero-order valence-electron chi connectivity index (χ0n) is 11.3. The highest BCUT2D eigenvalue weighted by molar-refractivity contribution is 4.94. The van der Waals surface area contributed by atoms with Crippen molar-refractivity contribution in [3.63, 3.8) is 0 Å². The number of hydrogen-bond donors (Lipinski definition) is 1. The fourth-order valence-corrected chi connectivity index (χ4v) is 3.04. The summed E-state index contributed by atoms with van der Waals surface area (Å²) in [5, 5.41) is 10.5. The van der Waals surface area contributed by atoms with E-state index in [1.165, 1.54) is 12.8 Å². The molecule has 0 aliphatic heterocycles. The molecule has 1 N–H and O–H groups in total. The number of ether oxygens (including phenoxy) is 1. The van der Waals surface area contributed by atoms with Gasteiger partial charge in [0.05, 0.1) is 11.7 Å². The molecule has 0 saturated heterocycles. The minimum absolute atomic E-state index is 0.261. The zero-order valence-corrected chi connectivity index (χ0v) is 11.3. The Bertz CT molecular complexity index is 191. The number of methoxy groups -OCH3 is 1. The topological polar surface area (TPSA) is 29.5 Å². The summed E-state index contributed by atoms with van der Waals surface area (Å²) in [5.74, 6) is 1.17. The van der Waals surface area contributed by atoms with Crippen molar-refractivity contribution < 1.29 is 9.84 Å². The smallest absolute Gasteiger partial charge is 0.0939 e. The van der Waals surface area contributed by atoms with E-state index in [-0.39, 0.29) is 11.7 Å². The van der Waals surface area contributed by atoms with Crippen LogP contribution in [-0.4, -0.2) is 23.9 Å². The standard InChI is InChI=1S/C14H28O2/c1-5-12(6-2)13(15)14(16-4)9-7-11(3)8-10-14/h11-13,15H,5-10H2,1-4H3. The van der Waals surface area contributed by atoms with Crippen LogP contribution < -0.4 is 0 Å². The van der Waals surface area contributed by atoms with Crippen molar-refractivity contribution >= 4 is 0 Å². The first-order chi connectivity index (χ1) is 7.59. The molecular weight excluding hydrogens is 200 g/mol. The minimum atomic E-state index is -0.292. The van der Waals surface area contributed by atoms with Gasteiger partial charge in [-0.1, -0.05) is 33.6 Å². The third kappa shape index (κ3) is 2.78. The van der Waals surface area contributed by atoms with Crippen molar-refractivity contribution in [2.45, 2.75) is 71.0 Å². The summed E-state index contributed by atoms with van der Waals surface area (Å²) in [7, 11) is 1.77. The Labute approximate surface area is 100 Å². The molecule has 1 unspecified atom stereocenters. The molecule has 0 heterocycles. The van der Waals surface area contributed by atoms with Gasteiger partial charge in [-0.25, -0.2) is 0 Å². The second kappa shape index (κ2) is 6.02. The maximum Gasteiger partial charge on any atom is 0.0939 e. The van der Waals surface area contributed by atoms with Crippen molar-refractivity contribution in [1.29, 1.82) is 0 Å². The van der Waals surface area contributed by atoms with Crippen LogP contribution in [0.1, 0.15) is 59.3 Å². The van der Waals surface area contributed by atoms with Crippen molar-refractivity contribution in [2.24, 2.45) is 11.8 Å². The van der Waals surface area contributed by atoms with E-state index < -0.39 is 0 Å². The molecule has 1 rings (SSSR count). The predicted octanol–water partition coefficient (Wildman–Crippen LogP) is 3.38. The van der Waals surface area contributed by atoms with E-state index in [0.717, 1.165) is 31.6 Å². The Kier molecular flexibility index (Phi) is 5.26. The van der Waals surface area contributed by atoms with E-state index in [0.29, 0.717) is 5.92 Å². The highest BCUT2D eigenvalue weighted by atomic mass is 16.5. The van der Waals surface area contributed by atoms with E-state index in [9.17, 15) is 5.11 Å². The van der Waals surface area contributed by atoms with Gasteiger partial charge in [-0.15, -0.1) is 0 Å². The first kappa shape index (κ1) is 14.0. The lowest BCUT2D eigenvalue weighted by Gasteiger charge is -2.44. The van der Waals surface area contributed by atoms with Crippen LogP contribution in [0.2, 0.25) is 0 Å². The molecule has 1 fully saturated rings. The van der Waals surface area contributed by atoms with Gasteiger partial charge in [-0.2, -0.15) is 0 Å². The monoisotopic (exact) mass is 228 g/mol. The Balaban J connectivity index is 2.71. The Hall–Kier alpha value is -0.0800. The highest BCUT2D eigenvalue weighted by Gasteiger charge is 2.43. The van der Waals surface area contributed by atoms with E-state index in [1.807, 2.05) is 0 Å². The number of hydrogen-bond acceptors (Lipinski definition) is 2. The summed E-state index contributed by atoms with van der Waals surface area (Å²) in [6, 6.07) is 0. The molecule has 1 aliphatic rings. The summed E-state index contributed by atoms with van der Waals surface area (Å²) in [6.07, 6.45) is 6.19. The normalized spacial score (nSPS) is 33.0. The van der Waals surface area contributed by atoms with Gasteiger partial charge in [0, 0.05) is 7.11 Å². The predicted molar refractivity (Wildman–Crippen MR) is 67.5 cm³/mol. The molecule has 1 saturated carbocycles. The van der Waals surface area contributed by atoms with E-state index in [2.05, 4.69) is 20.8 Å². The van der Waals surface area contributed by atoms with Crippen LogP contribution in [0.15, 0.2) is 0 Å². The third-order valence-electron chi connectivity index (χ3n) is 4.56. The van der Waals surface area contributed by atoms with E-state index >= 15 is 0 Å². The largest absolute Gasteiger partial charge is 0.390 e. The molecule has 2 heteroatoms. The van der Waals surface area contributed by atoms with Gasteiger partial charge in [0.2, 0.25) is 0 Å². The van der Waals surface area contributed by atoms with Gasteiger partial charge in [0.1, 0.15) is 0 Å². The molecule has 16 heavy (non-hydrogen) atoms. The van der Waals surface area contributed by atoms with Crippen LogP contribution in [0, 0.1) is 11.8 Å². The number of aliphatic hydroxyl groups is 1. The van der Waals surface area contributed by atoms with Crippen LogP contribution in [0.5, 0.6) is 0 Å². The summed E-state index contributed by atoms with van der Waals surface area (Å²) >= 11 is 0. The van der Waals surface area contributed by atoms with Gasteiger partial charge in [-0.3, -0.25) is 0 Å².